The summed E-state index contributed by atoms with van der Waals surface area (Å²) in [6, 6.07) is 9.11. The highest BCUT2D eigenvalue weighted by Gasteiger charge is 2.37. The first-order valence-corrected chi connectivity index (χ1v) is 6.11. The summed E-state index contributed by atoms with van der Waals surface area (Å²) in [5, 5.41) is 4.18. The van der Waals surface area contributed by atoms with Gasteiger partial charge in [0.15, 0.2) is 0 Å². The largest absolute Gasteiger partial charge is 0.275 e. The smallest absolute Gasteiger partial charge is 0.0568 e. The Kier molecular flexibility index (Phi) is 2.65. The average molecular weight is 248 g/mol. The molecule has 17 heavy (non-hydrogen) atoms. The molecule has 0 saturated heterocycles. The van der Waals surface area contributed by atoms with Crippen LogP contribution in [-0.4, -0.2) is 15.8 Å². The van der Waals surface area contributed by atoms with Gasteiger partial charge in [-0.2, -0.15) is 5.10 Å². The zero-order valence-corrected chi connectivity index (χ0v) is 10.4. The number of aryl methyl sites for hydroxylation is 1. The van der Waals surface area contributed by atoms with Crippen LogP contribution in [0.25, 0.3) is 11.1 Å². The van der Waals surface area contributed by atoms with Gasteiger partial charge in [-0.15, -0.1) is 0 Å². The van der Waals surface area contributed by atoms with Crippen molar-refractivity contribution in [1.82, 2.24) is 14.6 Å². The van der Waals surface area contributed by atoms with E-state index in [1.54, 1.807) is 0 Å². The SMILES string of the molecule is Cn1cc(-c2ccc(C3CC3NCl)cc2)cn1. The lowest BCUT2D eigenvalue weighted by Crippen LogP contribution is -2.02. The molecule has 1 heterocycles. The monoisotopic (exact) mass is 247 g/mol. The van der Waals surface area contributed by atoms with Crippen molar-refractivity contribution in [1.29, 1.82) is 0 Å². The number of nitrogens with one attached hydrogen (secondary N) is 1. The standard InChI is InChI=1S/C13H14ClN3/c1-17-8-11(7-15-17)9-2-4-10(5-3-9)12-6-13(12)16-14/h2-5,7-8,12-13,16H,6H2,1H3. The summed E-state index contributed by atoms with van der Waals surface area (Å²) in [6.45, 7) is 0. The van der Waals surface area contributed by atoms with Gasteiger partial charge in [0, 0.05) is 30.8 Å². The molecule has 0 amide bonds. The molecule has 1 aromatic carbocycles. The summed E-state index contributed by atoms with van der Waals surface area (Å²) < 4.78 is 1.82. The quantitative estimate of drug-likeness (QED) is 0.846. The van der Waals surface area contributed by atoms with Gasteiger partial charge in [-0.25, -0.2) is 4.84 Å². The predicted octanol–water partition coefficient (Wildman–Crippen LogP) is 2.69. The maximum absolute atomic E-state index is 5.61. The highest BCUT2D eigenvalue weighted by molar-refractivity contribution is 6.13. The summed E-state index contributed by atoms with van der Waals surface area (Å²) in [5.41, 5.74) is 3.72. The average Bonchev–Trinajstić information content (AvgIpc) is 3.03. The van der Waals surface area contributed by atoms with Gasteiger partial charge in [-0.05, 0) is 29.3 Å². The lowest BCUT2D eigenvalue weighted by atomic mass is 10.0. The van der Waals surface area contributed by atoms with E-state index >= 15 is 0 Å². The van der Waals surface area contributed by atoms with Crippen molar-refractivity contribution in [2.45, 2.75) is 18.4 Å². The third-order valence-corrected chi connectivity index (χ3v) is 3.59. The van der Waals surface area contributed by atoms with Crippen LogP contribution in [0.1, 0.15) is 17.9 Å². The fourth-order valence-corrected chi connectivity index (χ4v) is 2.42. The van der Waals surface area contributed by atoms with Crippen molar-refractivity contribution in [2.75, 3.05) is 0 Å². The molecule has 3 nitrogen and oxygen atoms in total. The molecule has 4 heteroatoms. The number of hydrogen-bond donors (Lipinski definition) is 1. The zero-order valence-electron chi connectivity index (χ0n) is 9.60. The van der Waals surface area contributed by atoms with Crippen molar-refractivity contribution in [3.05, 3.63) is 42.2 Å². The van der Waals surface area contributed by atoms with E-state index in [0.29, 0.717) is 12.0 Å². The van der Waals surface area contributed by atoms with Crippen molar-refractivity contribution in [3.63, 3.8) is 0 Å². The molecule has 1 aliphatic rings. The highest BCUT2D eigenvalue weighted by Crippen LogP contribution is 2.41. The lowest BCUT2D eigenvalue weighted by molar-refractivity contribution is 0.768. The number of benzene rings is 1. The van der Waals surface area contributed by atoms with Gasteiger partial charge in [-0.1, -0.05) is 24.3 Å². The van der Waals surface area contributed by atoms with E-state index in [2.05, 4.69) is 34.2 Å². The van der Waals surface area contributed by atoms with E-state index in [1.165, 1.54) is 11.1 Å². The van der Waals surface area contributed by atoms with E-state index in [0.717, 1.165) is 12.0 Å². The minimum absolute atomic E-state index is 0.445. The predicted molar refractivity (Wildman–Crippen MR) is 68.8 cm³/mol. The van der Waals surface area contributed by atoms with E-state index in [9.17, 15) is 0 Å². The molecule has 1 N–H and O–H groups in total. The molecule has 3 rings (SSSR count). The Morgan fingerprint density at radius 3 is 2.59 bits per heavy atom. The molecule has 1 saturated carbocycles. The molecular weight excluding hydrogens is 234 g/mol. The maximum Gasteiger partial charge on any atom is 0.0568 e. The first kappa shape index (κ1) is 10.8. The van der Waals surface area contributed by atoms with Crippen LogP contribution in [-0.2, 0) is 7.05 Å². The third kappa shape index (κ3) is 2.08. The molecule has 1 aromatic heterocycles. The van der Waals surface area contributed by atoms with Crippen molar-refractivity contribution < 1.29 is 0 Å². The van der Waals surface area contributed by atoms with Crippen molar-refractivity contribution in [3.8, 4) is 11.1 Å². The van der Waals surface area contributed by atoms with E-state index in [-0.39, 0.29) is 0 Å². The molecule has 0 bridgehead atoms. The first-order chi connectivity index (χ1) is 8.28. The highest BCUT2D eigenvalue weighted by atomic mass is 35.5. The van der Waals surface area contributed by atoms with Gasteiger partial charge in [0.05, 0.1) is 6.20 Å². The van der Waals surface area contributed by atoms with Crippen LogP contribution in [0, 0.1) is 0 Å². The van der Waals surface area contributed by atoms with Crippen LogP contribution in [0.2, 0.25) is 0 Å². The summed E-state index contributed by atoms with van der Waals surface area (Å²) in [5.74, 6) is 0.579. The van der Waals surface area contributed by atoms with Crippen molar-refractivity contribution in [2.24, 2.45) is 7.05 Å². The van der Waals surface area contributed by atoms with Crippen LogP contribution < -0.4 is 4.84 Å². The van der Waals surface area contributed by atoms with Crippen LogP contribution in [0.5, 0.6) is 0 Å². The second-order valence-electron chi connectivity index (χ2n) is 4.58. The number of nitrogens with zero attached hydrogens (tertiary/aromatic N) is 2. The van der Waals surface area contributed by atoms with E-state index < -0.39 is 0 Å². The molecule has 0 spiro atoms. The van der Waals surface area contributed by atoms with Crippen LogP contribution in [0.4, 0.5) is 0 Å². The fraction of sp³-hybridized carbons (Fsp3) is 0.308. The molecule has 1 aliphatic carbocycles. The molecule has 0 aliphatic heterocycles. The Labute approximate surface area is 106 Å². The Morgan fingerprint density at radius 1 is 1.29 bits per heavy atom. The Balaban J connectivity index is 1.81. The molecule has 2 unspecified atom stereocenters. The Morgan fingerprint density at radius 2 is 2.06 bits per heavy atom. The minimum atomic E-state index is 0.445. The summed E-state index contributed by atoms with van der Waals surface area (Å²) in [4.78, 5) is 2.80. The maximum atomic E-state index is 5.61. The van der Waals surface area contributed by atoms with Crippen molar-refractivity contribution >= 4 is 11.8 Å². The summed E-state index contributed by atoms with van der Waals surface area (Å²) >= 11 is 5.61. The Bertz CT molecular complexity index is 518. The van der Waals surface area contributed by atoms with Crippen LogP contribution in [0.15, 0.2) is 36.7 Å². The molecule has 0 radical (unpaired) electrons. The zero-order chi connectivity index (χ0) is 11.8. The van der Waals surface area contributed by atoms with Gasteiger partial charge in [-0.3, -0.25) is 4.68 Å². The fourth-order valence-electron chi connectivity index (χ4n) is 2.18. The van der Waals surface area contributed by atoms with Gasteiger partial charge in [0.2, 0.25) is 0 Å². The minimum Gasteiger partial charge on any atom is -0.275 e. The van der Waals surface area contributed by atoms with Crippen LogP contribution >= 0.6 is 11.8 Å². The van der Waals surface area contributed by atoms with Gasteiger partial charge in [0.25, 0.3) is 0 Å². The molecular formula is C13H14ClN3. The topological polar surface area (TPSA) is 29.9 Å². The van der Waals surface area contributed by atoms with Gasteiger partial charge < -0.3 is 0 Å². The van der Waals surface area contributed by atoms with Crippen LogP contribution in [0.3, 0.4) is 0 Å². The van der Waals surface area contributed by atoms with E-state index in [4.69, 9.17) is 11.8 Å². The third-order valence-electron chi connectivity index (χ3n) is 3.31. The molecule has 88 valence electrons. The van der Waals surface area contributed by atoms with E-state index in [1.807, 2.05) is 24.1 Å². The first-order valence-electron chi connectivity index (χ1n) is 5.73. The second kappa shape index (κ2) is 4.17. The number of rotatable bonds is 3. The molecule has 1 fully saturated rings. The van der Waals surface area contributed by atoms with Gasteiger partial charge >= 0.3 is 0 Å². The summed E-state index contributed by atoms with van der Waals surface area (Å²) in [6.07, 6.45) is 5.04. The molecule has 2 aromatic rings. The number of halogens is 1. The second-order valence-corrected chi connectivity index (χ2v) is 4.80. The lowest BCUT2D eigenvalue weighted by Gasteiger charge is -2.01. The van der Waals surface area contributed by atoms with Gasteiger partial charge in [0.1, 0.15) is 0 Å². The molecule has 2 atom stereocenters. The Hall–Kier alpha value is -1.32. The normalized spacial score (nSPS) is 22.7. The number of hydrogen-bond acceptors (Lipinski definition) is 2. The number of aromatic nitrogens is 2. The summed E-state index contributed by atoms with van der Waals surface area (Å²) in [7, 11) is 1.93.